The van der Waals surface area contributed by atoms with Crippen molar-refractivity contribution in [1.82, 2.24) is 30.1 Å². The number of aromatic amines is 2. The van der Waals surface area contributed by atoms with E-state index in [0.29, 0.717) is 18.0 Å². The Morgan fingerprint density at radius 1 is 0.900 bits per heavy atom. The maximum Gasteiger partial charge on any atom is 0.224 e. The maximum atomic E-state index is 12.7. The molecule has 5 aromatic heterocycles. The van der Waals surface area contributed by atoms with Gasteiger partial charge in [0.25, 0.3) is 0 Å². The first-order chi connectivity index (χ1) is 19.7. The van der Waals surface area contributed by atoms with E-state index in [-0.39, 0.29) is 5.91 Å². The number of carbonyl (C=O) groups is 1. The van der Waals surface area contributed by atoms with Gasteiger partial charge in [-0.1, -0.05) is 37.5 Å². The zero-order valence-electron chi connectivity index (χ0n) is 22.0. The number of aromatic nitrogens is 6. The number of fused-ring (bicyclic) bond motifs is 2. The lowest BCUT2D eigenvalue weighted by Crippen LogP contribution is -2.18. The molecule has 0 spiro atoms. The predicted molar refractivity (Wildman–Crippen MR) is 157 cm³/mol. The lowest BCUT2D eigenvalue weighted by Gasteiger charge is -2.20. The van der Waals surface area contributed by atoms with Gasteiger partial charge in [-0.3, -0.25) is 19.9 Å². The number of anilines is 1. The van der Waals surface area contributed by atoms with Crippen LogP contribution in [0.25, 0.3) is 55.7 Å². The molecule has 5 heterocycles. The molecule has 8 heteroatoms. The molecule has 3 N–H and O–H groups in total. The van der Waals surface area contributed by atoms with Gasteiger partial charge in [0.2, 0.25) is 5.91 Å². The van der Waals surface area contributed by atoms with Crippen molar-refractivity contribution in [2.45, 2.75) is 38.5 Å². The highest BCUT2D eigenvalue weighted by atomic mass is 16.1. The third-order valence-electron chi connectivity index (χ3n) is 7.82. The van der Waals surface area contributed by atoms with Crippen molar-refractivity contribution in [1.29, 1.82) is 0 Å². The van der Waals surface area contributed by atoms with Crippen LogP contribution in [0, 0.1) is 5.92 Å². The van der Waals surface area contributed by atoms with Gasteiger partial charge in [-0.15, -0.1) is 0 Å². The first-order valence-corrected chi connectivity index (χ1v) is 13.8. The van der Waals surface area contributed by atoms with Crippen LogP contribution in [0.15, 0.2) is 79.4 Å². The highest BCUT2D eigenvalue weighted by molar-refractivity contribution is 6.00. The molecule has 1 aromatic carbocycles. The van der Waals surface area contributed by atoms with Crippen LogP contribution >= 0.6 is 0 Å². The molecular formula is C32H29N7O. The molecule has 0 unspecified atom stereocenters. The molecular weight excluding hydrogens is 498 g/mol. The van der Waals surface area contributed by atoms with Gasteiger partial charge in [-0.05, 0) is 60.7 Å². The predicted octanol–water partition coefficient (Wildman–Crippen LogP) is 7.14. The molecule has 0 atom stereocenters. The second-order valence-corrected chi connectivity index (χ2v) is 10.6. The fourth-order valence-corrected chi connectivity index (χ4v) is 5.82. The third kappa shape index (κ3) is 4.73. The smallest absolute Gasteiger partial charge is 0.224 e. The van der Waals surface area contributed by atoms with Crippen LogP contribution in [0.5, 0.6) is 0 Å². The largest absolute Gasteiger partial charge is 0.353 e. The Labute approximate surface area is 231 Å². The number of amides is 1. The molecule has 6 aromatic rings. The Morgan fingerprint density at radius 3 is 2.67 bits per heavy atom. The maximum absolute atomic E-state index is 12.7. The van der Waals surface area contributed by atoms with E-state index in [4.69, 9.17) is 4.98 Å². The number of hydrogen-bond donors (Lipinski definition) is 3. The van der Waals surface area contributed by atoms with E-state index < -0.39 is 0 Å². The minimum atomic E-state index is 0.0517. The van der Waals surface area contributed by atoms with Crippen LogP contribution in [0.4, 0.5) is 5.69 Å². The molecule has 1 saturated carbocycles. The number of carbonyl (C=O) groups excluding carboxylic acids is 1. The first kappa shape index (κ1) is 24.2. The van der Waals surface area contributed by atoms with Crippen molar-refractivity contribution in [3.63, 3.8) is 0 Å². The number of rotatable bonds is 6. The van der Waals surface area contributed by atoms with E-state index in [0.717, 1.165) is 68.6 Å². The van der Waals surface area contributed by atoms with Crippen LogP contribution in [-0.2, 0) is 4.79 Å². The van der Waals surface area contributed by atoms with Crippen molar-refractivity contribution >= 4 is 33.5 Å². The first-order valence-electron chi connectivity index (χ1n) is 13.8. The number of pyridine rings is 3. The van der Waals surface area contributed by atoms with Crippen molar-refractivity contribution in [3.05, 3.63) is 79.4 Å². The fraction of sp³-hybridized carbons (Fsp3) is 0.219. The molecule has 0 radical (unpaired) electrons. The second kappa shape index (κ2) is 10.4. The van der Waals surface area contributed by atoms with E-state index in [1.807, 2.05) is 36.5 Å². The van der Waals surface area contributed by atoms with E-state index in [1.165, 1.54) is 19.3 Å². The molecule has 0 aliphatic heterocycles. The van der Waals surface area contributed by atoms with Crippen LogP contribution in [0.2, 0.25) is 0 Å². The Kier molecular flexibility index (Phi) is 6.28. The number of nitrogens with zero attached hydrogens (tertiary/aromatic N) is 4. The summed E-state index contributed by atoms with van der Waals surface area (Å²) in [6.45, 7) is 0. The van der Waals surface area contributed by atoms with Gasteiger partial charge in [0, 0.05) is 47.0 Å². The average Bonchev–Trinajstić information content (AvgIpc) is 3.62. The molecule has 198 valence electrons. The molecule has 1 aliphatic carbocycles. The van der Waals surface area contributed by atoms with Gasteiger partial charge in [-0.25, -0.2) is 4.98 Å². The average molecular weight is 528 g/mol. The molecule has 40 heavy (non-hydrogen) atoms. The lowest BCUT2D eigenvalue weighted by molar-refractivity contribution is -0.117. The van der Waals surface area contributed by atoms with Crippen LogP contribution in [0.1, 0.15) is 38.5 Å². The van der Waals surface area contributed by atoms with Crippen molar-refractivity contribution < 1.29 is 4.79 Å². The van der Waals surface area contributed by atoms with E-state index in [1.54, 1.807) is 18.6 Å². The van der Waals surface area contributed by atoms with E-state index in [9.17, 15) is 4.79 Å². The molecule has 1 aliphatic rings. The Morgan fingerprint density at radius 2 is 1.80 bits per heavy atom. The summed E-state index contributed by atoms with van der Waals surface area (Å²) in [4.78, 5) is 29.8. The topological polar surface area (TPSA) is 112 Å². The second-order valence-electron chi connectivity index (χ2n) is 10.6. The van der Waals surface area contributed by atoms with Crippen LogP contribution in [0.3, 0.4) is 0 Å². The normalized spacial score (nSPS) is 14.1. The van der Waals surface area contributed by atoms with Gasteiger partial charge in [0.15, 0.2) is 0 Å². The summed E-state index contributed by atoms with van der Waals surface area (Å²) in [5.41, 5.74) is 8.70. The van der Waals surface area contributed by atoms with Gasteiger partial charge >= 0.3 is 0 Å². The number of benzene rings is 1. The number of H-pyrrole nitrogens is 2. The number of nitrogens with one attached hydrogen (secondary N) is 3. The van der Waals surface area contributed by atoms with Crippen molar-refractivity contribution in [2.75, 3.05) is 5.32 Å². The Balaban J connectivity index is 1.19. The zero-order chi connectivity index (χ0) is 26.9. The minimum absolute atomic E-state index is 0.0517. The summed E-state index contributed by atoms with van der Waals surface area (Å²) < 4.78 is 0. The summed E-state index contributed by atoms with van der Waals surface area (Å²) in [5.74, 6) is 0.536. The van der Waals surface area contributed by atoms with Crippen molar-refractivity contribution in [3.8, 4) is 33.8 Å². The summed E-state index contributed by atoms with van der Waals surface area (Å²) in [5, 5.41) is 11.9. The summed E-state index contributed by atoms with van der Waals surface area (Å²) >= 11 is 0. The SMILES string of the molecule is O=C(CC1CCCCC1)Nc1cncc(-c2ccc3[nH]nc(-c4cc5c(-c6cccnc6)cccc5[nH]4)c3n2)c1. The monoisotopic (exact) mass is 527 g/mol. The minimum Gasteiger partial charge on any atom is -0.353 e. The zero-order valence-corrected chi connectivity index (χ0v) is 22.0. The van der Waals surface area contributed by atoms with Gasteiger partial charge < -0.3 is 10.3 Å². The molecule has 7 rings (SSSR count). The van der Waals surface area contributed by atoms with Gasteiger partial charge in [0.1, 0.15) is 11.2 Å². The number of hydrogen-bond acceptors (Lipinski definition) is 5. The molecule has 1 amide bonds. The van der Waals surface area contributed by atoms with E-state index >= 15 is 0 Å². The Bertz CT molecular complexity index is 1820. The third-order valence-corrected chi connectivity index (χ3v) is 7.82. The molecule has 0 saturated heterocycles. The highest BCUT2D eigenvalue weighted by Crippen LogP contribution is 2.34. The summed E-state index contributed by atoms with van der Waals surface area (Å²) in [7, 11) is 0. The molecule has 8 nitrogen and oxygen atoms in total. The van der Waals surface area contributed by atoms with E-state index in [2.05, 4.69) is 54.7 Å². The highest BCUT2D eigenvalue weighted by Gasteiger charge is 2.18. The van der Waals surface area contributed by atoms with Crippen molar-refractivity contribution in [2.24, 2.45) is 5.92 Å². The summed E-state index contributed by atoms with van der Waals surface area (Å²) in [6, 6.07) is 18.2. The van der Waals surface area contributed by atoms with Gasteiger partial charge in [0.05, 0.1) is 28.8 Å². The molecule has 1 fully saturated rings. The fourth-order valence-electron chi connectivity index (χ4n) is 5.82. The summed E-state index contributed by atoms with van der Waals surface area (Å²) in [6.07, 6.45) is 13.7. The quantitative estimate of drug-likeness (QED) is 0.213. The lowest BCUT2D eigenvalue weighted by atomic mass is 9.87. The van der Waals surface area contributed by atoms with Gasteiger partial charge in [-0.2, -0.15) is 5.10 Å². The Hall–Kier alpha value is -4.85. The standard InChI is InChI=1S/C32H29N7O/c40-30(14-20-6-2-1-3-7-20)35-23-15-22(18-34-19-23)26-11-12-28-31(37-26)32(39-38-28)29-16-25-24(9-4-10-27(25)36-29)21-8-5-13-33-17-21/h4-5,8-13,15-20,36H,1-3,6-7,14H2,(H,35,40)(H,38,39). The van der Waals surface area contributed by atoms with Crippen LogP contribution < -0.4 is 5.32 Å². The molecule has 0 bridgehead atoms. The van der Waals surface area contributed by atoms with Crippen LogP contribution in [-0.4, -0.2) is 36.0 Å².